The molecule has 2 heterocycles. The van der Waals surface area contributed by atoms with Crippen molar-refractivity contribution in [2.75, 3.05) is 19.6 Å². The zero-order chi connectivity index (χ0) is 14.5. The molecule has 2 aliphatic heterocycles. The van der Waals surface area contributed by atoms with Crippen LogP contribution >= 0.6 is 12.4 Å². The molecule has 1 aromatic rings. The second kappa shape index (κ2) is 7.97. The van der Waals surface area contributed by atoms with Gasteiger partial charge in [0, 0.05) is 6.54 Å². The summed E-state index contributed by atoms with van der Waals surface area (Å²) < 4.78 is 0. The molecule has 0 saturated carbocycles. The Hall–Kier alpha value is -1.07. The maximum Gasteiger partial charge on any atom is 0.126 e. The van der Waals surface area contributed by atoms with Crippen LogP contribution < -0.4 is 5.48 Å². The molecular weight excluding hydrogens is 300 g/mol. The average Bonchev–Trinajstić information content (AvgIpc) is 3.05. The average molecular weight is 325 g/mol. The minimum Gasteiger partial charge on any atom is -0.416 e. The maximum absolute atomic E-state index is 10.8. The fourth-order valence-corrected chi connectivity index (χ4v) is 3.26. The van der Waals surface area contributed by atoms with E-state index < -0.39 is 11.6 Å². The van der Waals surface area contributed by atoms with E-state index in [0.717, 1.165) is 31.6 Å². The first kappa shape index (κ1) is 17.3. The van der Waals surface area contributed by atoms with Crippen LogP contribution in [0.3, 0.4) is 0 Å². The Morgan fingerprint density at radius 3 is 2.55 bits per heavy atom. The van der Waals surface area contributed by atoms with Gasteiger partial charge in [0.2, 0.25) is 0 Å². The Kier molecular flexibility index (Phi) is 6.26. The molecule has 22 heavy (non-hydrogen) atoms. The van der Waals surface area contributed by atoms with Gasteiger partial charge in [0.1, 0.15) is 11.8 Å². The third-order valence-electron chi connectivity index (χ3n) is 4.57. The van der Waals surface area contributed by atoms with Crippen molar-refractivity contribution < 1.29 is 9.94 Å². The van der Waals surface area contributed by atoms with E-state index >= 15 is 0 Å². The first-order chi connectivity index (χ1) is 10.3. The molecule has 3 rings (SSSR count). The number of rotatable bonds is 5. The molecule has 2 atom stereocenters. The van der Waals surface area contributed by atoms with Gasteiger partial charge in [0.15, 0.2) is 0 Å². The SMILES string of the molecule is Cl.OC(CCN1CCCCC1)C1(c2ccccc2)C=CON1. The fourth-order valence-electron chi connectivity index (χ4n) is 3.26. The van der Waals surface area contributed by atoms with Gasteiger partial charge in [-0.05, 0) is 44.0 Å². The molecule has 1 saturated heterocycles. The van der Waals surface area contributed by atoms with Crippen LogP contribution in [0.15, 0.2) is 42.7 Å². The summed E-state index contributed by atoms with van der Waals surface area (Å²) in [7, 11) is 0. The lowest BCUT2D eigenvalue weighted by Gasteiger charge is -2.34. The van der Waals surface area contributed by atoms with Gasteiger partial charge in [-0.15, -0.1) is 17.9 Å². The van der Waals surface area contributed by atoms with E-state index in [-0.39, 0.29) is 12.4 Å². The van der Waals surface area contributed by atoms with Crippen molar-refractivity contribution in [1.82, 2.24) is 10.4 Å². The molecule has 5 heteroatoms. The molecule has 1 aromatic carbocycles. The molecule has 0 bridgehead atoms. The number of halogens is 1. The predicted molar refractivity (Wildman–Crippen MR) is 89.6 cm³/mol. The molecule has 4 nitrogen and oxygen atoms in total. The zero-order valence-corrected chi connectivity index (χ0v) is 13.6. The molecule has 122 valence electrons. The van der Waals surface area contributed by atoms with Crippen LogP contribution in [-0.4, -0.2) is 35.7 Å². The highest BCUT2D eigenvalue weighted by Gasteiger charge is 2.40. The molecule has 0 aromatic heterocycles. The number of nitrogens with one attached hydrogen (secondary N) is 1. The molecule has 0 amide bonds. The normalized spacial score (nSPS) is 26.2. The lowest BCUT2D eigenvalue weighted by atomic mass is 9.84. The molecule has 2 unspecified atom stereocenters. The highest BCUT2D eigenvalue weighted by atomic mass is 35.5. The molecule has 0 spiro atoms. The smallest absolute Gasteiger partial charge is 0.126 e. The van der Waals surface area contributed by atoms with Gasteiger partial charge in [0.05, 0.1) is 6.10 Å². The minimum atomic E-state index is -0.628. The van der Waals surface area contributed by atoms with Gasteiger partial charge < -0.3 is 14.8 Å². The number of hydrogen-bond acceptors (Lipinski definition) is 4. The van der Waals surface area contributed by atoms with Gasteiger partial charge in [0.25, 0.3) is 0 Å². The van der Waals surface area contributed by atoms with E-state index in [1.165, 1.54) is 19.3 Å². The lowest BCUT2D eigenvalue weighted by molar-refractivity contribution is 0.000563. The summed E-state index contributed by atoms with van der Waals surface area (Å²) in [6.45, 7) is 3.25. The van der Waals surface area contributed by atoms with Crippen LogP contribution in [0.5, 0.6) is 0 Å². The van der Waals surface area contributed by atoms with E-state index in [0.29, 0.717) is 0 Å². The monoisotopic (exact) mass is 324 g/mol. The molecule has 2 aliphatic rings. The fraction of sp³-hybridized carbons (Fsp3) is 0.529. The summed E-state index contributed by atoms with van der Waals surface area (Å²) in [6.07, 6.45) is 7.66. The topological polar surface area (TPSA) is 44.7 Å². The van der Waals surface area contributed by atoms with Crippen molar-refractivity contribution in [2.24, 2.45) is 0 Å². The van der Waals surface area contributed by atoms with Gasteiger partial charge in [-0.3, -0.25) is 0 Å². The van der Waals surface area contributed by atoms with Gasteiger partial charge in [-0.1, -0.05) is 36.8 Å². The van der Waals surface area contributed by atoms with Gasteiger partial charge >= 0.3 is 0 Å². The second-order valence-corrected chi connectivity index (χ2v) is 5.96. The van der Waals surface area contributed by atoms with Crippen LogP contribution in [0, 0.1) is 0 Å². The lowest BCUT2D eigenvalue weighted by Crippen LogP contribution is -2.48. The number of aliphatic hydroxyl groups is 1. The minimum absolute atomic E-state index is 0. The maximum atomic E-state index is 10.8. The summed E-state index contributed by atoms with van der Waals surface area (Å²) in [6, 6.07) is 10.0. The molecule has 1 fully saturated rings. The van der Waals surface area contributed by atoms with Crippen LogP contribution in [0.2, 0.25) is 0 Å². The van der Waals surface area contributed by atoms with Crippen LogP contribution in [-0.2, 0) is 10.4 Å². The van der Waals surface area contributed by atoms with Crippen molar-refractivity contribution >= 4 is 12.4 Å². The quantitative estimate of drug-likeness (QED) is 0.874. The van der Waals surface area contributed by atoms with E-state index in [1.807, 2.05) is 36.4 Å². The number of hydrogen-bond donors (Lipinski definition) is 2. The Balaban J connectivity index is 0.00000176. The number of hydroxylamine groups is 1. The Morgan fingerprint density at radius 2 is 1.91 bits per heavy atom. The van der Waals surface area contributed by atoms with Crippen LogP contribution in [0.1, 0.15) is 31.2 Å². The Bertz CT molecular complexity index is 477. The highest BCUT2D eigenvalue weighted by Crippen LogP contribution is 2.32. The van der Waals surface area contributed by atoms with Crippen molar-refractivity contribution in [3.63, 3.8) is 0 Å². The Labute approximate surface area is 138 Å². The van der Waals surface area contributed by atoms with Crippen molar-refractivity contribution in [3.05, 3.63) is 48.2 Å². The number of benzene rings is 1. The second-order valence-electron chi connectivity index (χ2n) is 5.96. The van der Waals surface area contributed by atoms with E-state index in [4.69, 9.17) is 4.84 Å². The Morgan fingerprint density at radius 1 is 1.18 bits per heavy atom. The van der Waals surface area contributed by atoms with Crippen molar-refractivity contribution in [2.45, 2.75) is 37.3 Å². The summed E-state index contributed by atoms with van der Waals surface area (Å²) in [5.74, 6) is 0. The summed E-state index contributed by atoms with van der Waals surface area (Å²) >= 11 is 0. The van der Waals surface area contributed by atoms with Crippen LogP contribution in [0.25, 0.3) is 0 Å². The van der Waals surface area contributed by atoms with E-state index in [1.54, 1.807) is 6.26 Å². The first-order valence-corrected chi connectivity index (χ1v) is 7.88. The molecule has 0 radical (unpaired) electrons. The van der Waals surface area contributed by atoms with Crippen molar-refractivity contribution in [1.29, 1.82) is 0 Å². The highest BCUT2D eigenvalue weighted by molar-refractivity contribution is 5.85. The third kappa shape index (κ3) is 3.63. The van der Waals surface area contributed by atoms with E-state index in [9.17, 15) is 5.11 Å². The number of piperidine rings is 1. The third-order valence-corrected chi connectivity index (χ3v) is 4.57. The molecule has 2 N–H and O–H groups in total. The standard InChI is InChI=1S/C17H24N2O2.ClH/c20-16(9-13-19-11-5-2-6-12-19)17(10-14-21-18-17)15-7-3-1-4-8-15;/h1,3-4,7-8,10,14,16,18,20H,2,5-6,9,11-13H2;1H. The van der Waals surface area contributed by atoms with E-state index in [2.05, 4.69) is 10.4 Å². The predicted octanol–water partition coefficient (Wildman–Crippen LogP) is 2.59. The largest absolute Gasteiger partial charge is 0.416 e. The summed E-state index contributed by atoms with van der Waals surface area (Å²) in [4.78, 5) is 7.67. The molecular formula is C17H25ClN2O2. The summed E-state index contributed by atoms with van der Waals surface area (Å²) in [5, 5.41) is 10.8. The van der Waals surface area contributed by atoms with Gasteiger partial charge in [-0.2, -0.15) is 0 Å². The van der Waals surface area contributed by atoms with Crippen molar-refractivity contribution in [3.8, 4) is 0 Å². The molecule has 0 aliphatic carbocycles. The zero-order valence-electron chi connectivity index (χ0n) is 12.8. The number of likely N-dealkylation sites (tertiary alicyclic amines) is 1. The summed E-state index contributed by atoms with van der Waals surface area (Å²) in [5.41, 5.74) is 3.40. The first-order valence-electron chi connectivity index (χ1n) is 7.88. The number of aliphatic hydroxyl groups excluding tert-OH is 1. The van der Waals surface area contributed by atoms with Crippen LogP contribution in [0.4, 0.5) is 0 Å². The van der Waals surface area contributed by atoms with Gasteiger partial charge in [-0.25, -0.2) is 0 Å². The number of nitrogens with zero attached hydrogens (tertiary/aromatic N) is 1.